The van der Waals surface area contributed by atoms with Gasteiger partial charge in [0, 0.05) is 0 Å². The summed E-state index contributed by atoms with van der Waals surface area (Å²) >= 11 is 0. The molecule has 0 bridgehead atoms. The number of benzene rings is 2. The number of carbonyl (C=O) groups is 1. The van der Waals surface area contributed by atoms with Crippen LogP contribution in [0.3, 0.4) is 0 Å². The zero-order chi connectivity index (χ0) is 18.6. The van der Waals surface area contributed by atoms with Crippen molar-refractivity contribution < 1.29 is 9.53 Å². The highest BCUT2D eigenvalue weighted by atomic mass is 16.5. The molecule has 0 heterocycles. The maximum atomic E-state index is 12.1. The number of aryl methyl sites for hydroxylation is 2. The van der Waals surface area contributed by atoms with Crippen molar-refractivity contribution >= 4 is 5.91 Å². The Labute approximate surface area is 151 Å². The molecule has 0 aliphatic rings. The topological polar surface area (TPSA) is 38.3 Å². The Kier molecular flexibility index (Phi) is 5.89. The zero-order valence-electron chi connectivity index (χ0n) is 16.1. The number of ether oxygens (including phenoxy) is 1. The molecule has 0 aliphatic carbocycles. The van der Waals surface area contributed by atoms with Gasteiger partial charge >= 0.3 is 0 Å². The predicted molar refractivity (Wildman–Crippen MR) is 103 cm³/mol. The molecule has 1 amide bonds. The van der Waals surface area contributed by atoms with Gasteiger partial charge in [0.2, 0.25) is 0 Å². The van der Waals surface area contributed by atoms with Gasteiger partial charge in [0.05, 0.1) is 6.04 Å². The molecule has 2 rings (SSSR count). The standard InChI is InChI=1S/C22H29NO2/c1-15-7-8-18(13-16(15)2)17(3)23-21(24)14-25-20-11-9-19(10-12-20)22(4,5)6/h7-13,17H,14H2,1-6H3,(H,23,24). The Morgan fingerprint density at radius 2 is 1.68 bits per heavy atom. The van der Waals surface area contributed by atoms with Crippen molar-refractivity contribution in [3.8, 4) is 5.75 Å². The van der Waals surface area contributed by atoms with Gasteiger partial charge in [0.25, 0.3) is 5.91 Å². The predicted octanol–water partition coefficient (Wildman–Crippen LogP) is 4.86. The molecule has 0 aromatic heterocycles. The lowest BCUT2D eigenvalue weighted by molar-refractivity contribution is -0.123. The van der Waals surface area contributed by atoms with Crippen LogP contribution in [0.25, 0.3) is 0 Å². The molecule has 1 unspecified atom stereocenters. The van der Waals surface area contributed by atoms with Gasteiger partial charge in [-0.25, -0.2) is 0 Å². The first-order chi connectivity index (χ1) is 11.7. The highest BCUT2D eigenvalue weighted by Gasteiger charge is 2.14. The maximum absolute atomic E-state index is 12.1. The van der Waals surface area contributed by atoms with Crippen LogP contribution < -0.4 is 10.1 Å². The third-order valence-electron chi connectivity index (χ3n) is 4.50. The van der Waals surface area contributed by atoms with E-state index in [1.165, 1.54) is 16.7 Å². The summed E-state index contributed by atoms with van der Waals surface area (Å²) in [4.78, 5) is 12.1. The van der Waals surface area contributed by atoms with E-state index in [0.717, 1.165) is 5.56 Å². The van der Waals surface area contributed by atoms with E-state index in [1.54, 1.807) is 0 Å². The number of hydrogen-bond acceptors (Lipinski definition) is 2. The fourth-order valence-electron chi connectivity index (χ4n) is 2.60. The monoisotopic (exact) mass is 339 g/mol. The third-order valence-corrected chi connectivity index (χ3v) is 4.50. The van der Waals surface area contributed by atoms with Crippen LogP contribution in [0.15, 0.2) is 42.5 Å². The second-order valence-corrected chi connectivity index (χ2v) is 7.70. The van der Waals surface area contributed by atoms with Crippen LogP contribution in [0.5, 0.6) is 5.75 Å². The normalized spacial score (nSPS) is 12.6. The summed E-state index contributed by atoms with van der Waals surface area (Å²) < 4.78 is 5.60. The molecular weight excluding hydrogens is 310 g/mol. The van der Waals surface area contributed by atoms with Crippen molar-refractivity contribution in [2.75, 3.05) is 6.61 Å². The Morgan fingerprint density at radius 3 is 2.24 bits per heavy atom. The summed E-state index contributed by atoms with van der Waals surface area (Å²) in [7, 11) is 0. The van der Waals surface area contributed by atoms with Crippen molar-refractivity contribution in [1.29, 1.82) is 0 Å². The lowest BCUT2D eigenvalue weighted by Gasteiger charge is -2.19. The first kappa shape index (κ1) is 19.0. The molecule has 2 aromatic carbocycles. The molecule has 3 heteroatoms. The van der Waals surface area contributed by atoms with Crippen molar-refractivity contribution in [2.45, 2.75) is 53.0 Å². The number of rotatable bonds is 5. The third kappa shape index (κ3) is 5.35. The van der Waals surface area contributed by atoms with Crippen LogP contribution in [0.1, 0.15) is 56.0 Å². The van der Waals surface area contributed by atoms with Crippen molar-refractivity contribution in [2.24, 2.45) is 0 Å². The van der Waals surface area contributed by atoms with Gasteiger partial charge in [-0.15, -0.1) is 0 Å². The van der Waals surface area contributed by atoms with E-state index in [0.29, 0.717) is 5.75 Å². The summed E-state index contributed by atoms with van der Waals surface area (Å²) in [6, 6.07) is 14.1. The summed E-state index contributed by atoms with van der Waals surface area (Å²) in [5.74, 6) is 0.590. The lowest BCUT2D eigenvalue weighted by atomic mass is 9.87. The minimum atomic E-state index is -0.120. The van der Waals surface area contributed by atoms with E-state index in [-0.39, 0.29) is 24.0 Å². The maximum Gasteiger partial charge on any atom is 0.258 e. The van der Waals surface area contributed by atoms with Crippen molar-refractivity contribution in [3.63, 3.8) is 0 Å². The second-order valence-electron chi connectivity index (χ2n) is 7.70. The van der Waals surface area contributed by atoms with Crippen LogP contribution in [-0.2, 0) is 10.2 Å². The fraction of sp³-hybridized carbons (Fsp3) is 0.409. The average Bonchev–Trinajstić information content (AvgIpc) is 2.55. The Hall–Kier alpha value is -2.29. The van der Waals surface area contributed by atoms with Gasteiger partial charge in [-0.2, -0.15) is 0 Å². The molecule has 25 heavy (non-hydrogen) atoms. The van der Waals surface area contributed by atoms with E-state index >= 15 is 0 Å². The van der Waals surface area contributed by atoms with Gasteiger partial charge in [-0.05, 0) is 60.6 Å². The second kappa shape index (κ2) is 7.73. The zero-order valence-corrected chi connectivity index (χ0v) is 16.1. The Balaban J connectivity index is 1.88. The molecule has 1 atom stereocenters. The molecule has 0 spiro atoms. The number of hydrogen-bond donors (Lipinski definition) is 1. The van der Waals surface area contributed by atoms with Gasteiger partial charge in [0.1, 0.15) is 5.75 Å². The smallest absolute Gasteiger partial charge is 0.258 e. The molecule has 0 radical (unpaired) electrons. The SMILES string of the molecule is Cc1ccc(C(C)NC(=O)COc2ccc(C(C)(C)C)cc2)cc1C. The summed E-state index contributed by atoms with van der Waals surface area (Å²) in [6.45, 7) is 12.7. The summed E-state index contributed by atoms with van der Waals surface area (Å²) in [6.07, 6.45) is 0. The van der Waals surface area contributed by atoms with E-state index in [4.69, 9.17) is 4.74 Å². The van der Waals surface area contributed by atoms with Crippen molar-refractivity contribution in [3.05, 3.63) is 64.7 Å². The van der Waals surface area contributed by atoms with Crippen LogP contribution in [-0.4, -0.2) is 12.5 Å². The van der Waals surface area contributed by atoms with E-state index < -0.39 is 0 Å². The van der Waals surface area contributed by atoms with Crippen LogP contribution >= 0.6 is 0 Å². The van der Waals surface area contributed by atoms with Gasteiger partial charge < -0.3 is 10.1 Å². The molecule has 3 nitrogen and oxygen atoms in total. The number of amides is 1. The Morgan fingerprint density at radius 1 is 1.04 bits per heavy atom. The molecule has 0 fully saturated rings. The van der Waals surface area contributed by atoms with Gasteiger partial charge in [-0.3, -0.25) is 4.79 Å². The summed E-state index contributed by atoms with van der Waals surface area (Å²) in [5.41, 5.74) is 4.94. The largest absolute Gasteiger partial charge is 0.484 e. The minimum absolute atomic E-state index is 0.0179. The molecular formula is C22H29NO2. The Bertz CT molecular complexity index is 727. The first-order valence-electron chi connectivity index (χ1n) is 8.76. The molecule has 1 N–H and O–H groups in total. The fourth-order valence-corrected chi connectivity index (χ4v) is 2.60. The van der Waals surface area contributed by atoms with Crippen LogP contribution in [0.2, 0.25) is 0 Å². The quantitative estimate of drug-likeness (QED) is 0.845. The highest BCUT2D eigenvalue weighted by molar-refractivity contribution is 5.78. The summed E-state index contributed by atoms with van der Waals surface area (Å²) in [5, 5.41) is 2.98. The number of carbonyl (C=O) groups excluding carboxylic acids is 1. The molecule has 0 saturated heterocycles. The molecule has 0 saturated carbocycles. The van der Waals surface area contributed by atoms with Crippen LogP contribution in [0.4, 0.5) is 0 Å². The van der Waals surface area contributed by atoms with E-state index in [9.17, 15) is 4.79 Å². The van der Waals surface area contributed by atoms with Gasteiger partial charge in [-0.1, -0.05) is 51.1 Å². The van der Waals surface area contributed by atoms with E-state index in [1.807, 2.05) is 31.2 Å². The van der Waals surface area contributed by atoms with E-state index in [2.05, 4.69) is 58.1 Å². The highest BCUT2D eigenvalue weighted by Crippen LogP contribution is 2.24. The number of nitrogens with one attached hydrogen (secondary N) is 1. The minimum Gasteiger partial charge on any atom is -0.484 e. The first-order valence-corrected chi connectivity index (χ1v) is 8.76. The lowest BCUT2D eigenvalue weighted by Crippen LogP contribution is -2.31. The van der Waals surface area contributed by atoms with Crippen molar-refractivity contribution in [1.82, 2.24) is 5.32 Å². The average molecular weight is 339 g/mol. The van der Waals surface area contributed by atoms with Crippen LogP contribution in [0, 0.1) is 13.8 Å². The van der Waals surface area contributed by atoms with Gasteiger partial charge in [0.15, 0.2) is 6.61 Å². The molecule has 134 valence electrons. The molecule has 0 aliphatic heterocycles. The molecule has 2 aromatic rings.